The van der Waals surface area contributed by atoms with Gasteiger partial charge in [0, 0.05) is 20.1 Å². The predicted molar refractivity (Wildman–Crippen MR) is 83.5 cm³/mol. The zero-order chi connectivity index (χ0) is 14.3. The Morgan fingerprint density at radius 1 is 1.30 bits per heavy atom. The van der Waals surface area contributed by atoms with Gasteiger partial charge in [-0.25, -0.2) is 0 Å². The number of hydrogen-bond acceptors (Lipinski definition) is 3. The van der Waals surface area contributed by atoms with Crippen LogP contribution in [0, 0.1) is 17.6 Å². The van der Waals surface area contributed by atoms with E-state index < -0.39 is 0 Å². The van der Waals surface area contributed by atoms with E-state index in [9.17, 15) is 0 Å². The number of aromatic nitrogens is 4. The predicted octanol–water partition coefficient (Wildman–Crippen LogP) is 2.47. The molecule has 0 amide bonds. The second kappa shape index (κ2) is 5.33. The fraction of sp³-hybridized carbons (Fsp3) is 0.714. The van der Waals surface area contributed by atoms with E-state index in [0.717, 1.165) is 34.7 Å². The van der Waals surface area contributed by atoms with Crippen molar-refractivity contribution in [1.29, 1.82) is 0 Å². The molecule has 6 heteroatoms. The minimum atomic E-state index is 0.592. The molecule has 2 aromatic heterocycles. The van der Waals surface area contributed by atoms with Gasteiger partial charge in [-0.1, -0.05) is 6.92 Å². The monoisotopic (exact) mass is 293 g/mol. The molecule has 1 aliphatic heterocycles. The van der Waals surface area contributed by atoms with Gasteiger partial charge in [0.1, 0.15) is 5.52 Å². The maximum Gasteiger partial charge on any atom is 0.179 e. The molecule has 3 heterocycles. The van der Waals surface area contributed by atoms with Gasteiger partial charge in [-0.05, 0) is 51.0 Å². The van der Waals surface area contributed by atoms with E-state index in [4.69, 9.17) is 12.2 Å². The first-order chi connectivity index (χ1) is 9.56. The number of nitrogens with one attached hydrogen (secondary N) is 1. The molecule has 0 radical (unpaired) electrons. The molecule has 110 valence electrons. The van der Waals surface area contributed by atoms with E-state index >= 15 is 0 Å². The summed E-state index contributed by atoms with van der Waals surface area (Å²) in [5, 5.41) is 4.47. The Hall–Kier alpha value is -1.14. The fourth-order valence-electron chi connectivity index (χ4n) is 3.32. The summed E-state index contributed by atoms with van der Waals surface area (Å²) in [5.74, 6) is 0.592. The van der Waals surface area contributed by atoms with E-state index in [1.807, 2.05) is 18.7 Å². The molecule has 0 aliphatic carbocycles. The fourth-order valence-corrected chi connectivity index (χ4v) is 3.58. The molecule has 1 saturated heterocycles. The summed E-state index contributed by atoms with van der Waals surface area (Å²) in [6.45, 7) is 8.94. The van der Waals surface area contributed by atoms with Crippen LogP contribution in [-0.2, 0) is 13.6 Å². The Bertz CT molecular complexity index is 659. The summed E-state index contributed by atoms with van der Waals surface area (Å²) in [6, 6.07) is 0. The maximum absolute atomic E-state index is 5.48. The lowest BCUT2D eigenvalue weighted by Crippen LogP contribution is -2.27. The van der Waals surface area contributed by atoms with E-state index in [-0.39, 0.29) is 0 Å². The van der Waals surface area contributed by atoms with Gasteiger partial charge in [-0.3, -0.25) is 4.68 Å². The van der Waals surface area contributed by atoms with Gasteiger partial charge in [0.25, 0.3) is 0 Å². The molecular formula is C14H23N5S. The summed E-state index contributed by atoms with van der Waals surface area (Å²) in [6.07, 6.45) is 2.70. The minimum absolute atomic E-state index is 0.592. The third kappa shape index (κ3) is 2.42. The highest BCUT2D eigenvalue weighted by Crippen LogP contribution is 2.19. The van der Waals surface area contributed by atoms with Gasteiger partial charge in [-0.2, -0.15) is 5.10 Å². The van der Waals surface area contributed by atoms with Crippen molar-refractivity contribution >= 4 is 23.4 Å². The number of imidazole rings is 1. The lowest BCUT2D eigenvalue weighted by molar-refractivity contribution is 0.272. The largest absolute Gasteiger partial charge is 0.328 e. The highest BCUT2D eigenvalue weighted by molar-refractivity contribution is 7.71. The zero-order valence-electron chi connectivity index (χ0n) is 12.5. The Morgan fingerprint density at radius 3 is 2.70 bits per heavy atom. The quantitative estimate of drug-likeness (QED) is 0.881. The van der Waals surface area contributed by atoms with Crippen molar-refractivity contribution in [3.05, 3.63) is 10.5 Å². The standard InChI is InChI=1S/C14H23N5S/c1-10(8-18-6-4-5-7-18)9-19-13-12(15-14(19)20)11(2)16-17(13)3/h10H,4-9H2,1-3H3,(H,15,20). The zero-order valence-corrected chi connectivity index (χ0v) is 13.3. The number of aryl methyl sites for hydroxylation is 2. The van der Waals surface area contributed by atoms with Crippen molar-refractivity contribution in [2.24, 2.45) is 13.0 Å². The number of likely N-dealkylation sites (tertiary alicyclic amines) is 1. The highest BCUT2D eigenvalue weighted by Gasteiger charge is 2.18. The number of H-pyrrole nitrogens is 1. The average molecular weight is 293 g/mol. The van der Waals surface area contributed by atoms with Gasteiger partial charge in [0.05, 0.1) is 5.69 Å². The third-order valence-electron chi connectivity index (χ3n) is 4.19. The smallest absolute Gasteiger partial charge is 0.179 e. The Labute approximate surface area is 124 Å². The molecule has 0 saturated carbocycles. The minimum Gasteiger partial charge on any atom is -0.328 e. The van der Waals surface area contributed by atoms with Crippen molar-refractivity contribution in [3.63, 3.8) is 0 Å². The molecule has 1 unspecified atom stereocenters. The van der Waals surface area contributed by atoms with Gasteiger partial charge in [0.2, 0.25) is 0 Å². The Balaban J connectivity index is 1.82. The lowest BCUT2D eigenvalue weighted by atomic mass is 10.1. The summed E-state index contributed by atoms with van der Waals surface area (Å²) < 4.78 is 4.94. The van der Waals surface area contributed by atoms with Crippen molar-refractivity contribution in [2.45, 2.75) is 33.2 Å². The summed E-state index contributed by atoms with van der Waals surface area (Å²) >= 11 is 5.48. The van der Waals surface area contributed by atoms with Crippen LogP contribution >= 0.6 is 12.2 Å². The number of rotatable bonds is 4. The van der Waals surface area contributed by atoms with Gasteiger partial charge < -0.3 is 14.5 Å². The van der Waals surface area contributed by atoms with Gasteiger partial charge in [0.15, 0.2) is 10.4 Å². The SMILES string of the molecule is Cc1nn(C)c2c1[nH]c(=S)n2CC(C)CN1CCCC1. The number of hydrogen-bond donors (Lipinski definition) is 1. The van der Waals surface area contributed by atoms with Crippen LogP contribution in [0.1, 0.15) is 25.5 Å². The Morgan fingerprint density at radius 2 is 2.00 bits per heavy atom. The molecule has 20 heavy (non-hydrogen) atoms. The molecule has 5 nitrogen and oxygen atoms in total. The molecule has 1 aliphatic rings. The van der Waals surface area contributed by atoms with Crippen LogP contribution in [0.2, 0.25) is 0 Å². The number of nitrogens with zero attached hydrogens (tertiary/aromatic N) is 4. The first-order valence-corrected chi connectivity index (χ1v) is 7.81. The van der Waals surface area contributed by atoms with Crippen LogP contribution in [-0.4, -0.2) is 43.9 Å². The summed E-state index contributed by atoms with van der Waals surface area (Å²) in [7, 11) is 1.99. The second-order valence-corrected chi connectivity index (χ2v) is 6.45. The molecule has 0 spiro atoms. The first kappa shape index (κ1) is 13.8. The lowest BCUT2D eigenvalue weighted by Gasteiger charge is -2.20. The van der Waals surface area contributed by atoms with Crippen molar-refractivity contribution in [1.82, 2.24) is 24.2 Å². The molecule has 1 fully saturated rings. The van der Waals surface area contributed by atoms with Gasteiger partial charge >= 0.3 is 0 Å². The van der Waals surface area contributed by atoms with Crippen LogP contribution in [0.25, 0.3) is 11.2 Å². The summed E-state index contributed by atoms with van der Waals surface area (Å²) in [4.78, 5) is 5.86. The Kier molecular flexibility index (Phi) is 3.69. The van der Waals surface area contributed by atoms with Crippen molar-refractivity contribution < 1.29 is 0 Å². The average Bonchev–Trinajstić information content (AvgIpc) is 3.04. The van der Waals surface area contributed by atoms with Crippen LogP contribution in [0.3, 0.4) is 0 Å². The molecule has 1 N–H and O–H groups in total. The molecule has 0 bridgehead atoms. The topological polar surface area (TPSA) is 41.8 Å². The van der Waals surface area contributed by atoms with E-state index in [2.05, 4.69) is 26.5 Å². The van der Waals surface area contributed by atoms with Gasteiger partial charge in [-0.15, -0.1) is 0 Å². The van der Waals surface area contributed by atoms with Crippen molar-refractivity contribution in [3.8, 4) is 0 Å². The van der Waals surface area contributed by atoms with Crippen LogP contribution in [0.15, 0.2) is 0 Å². The first-order valence-electron chi connectivity index (χ1n) is 7.40. The van der Waals surface area contributed by atoms with Crippen molar-refractivity contribution in [2.75, 3.05) is 19.6 Å². The third-order valence-corrected chi connectivity index (χ3v) is 4.51. The number of fused-ring (bicyclic) bond motifs is 1. The molecule has 1 atom stereocenters. The summed E-state index contributed by atoms with van der Waals surface area (Å²) in [5.41, 5.74) is 3.20. The van der Waals surface area contributed by atoms with Crippen LogP contribution < -0.4 is 0 Å². The normalized spacial score (nSPS) is 18.1. The van der Waals surface area contributed by atoms with Crippen LogP contribution in [0.5, 0.6) is 0 Å². The molecular weight excluding hydrogens is 270 g/mol. The van der Waals surface area contributed by atoms with Crippen LogP contribution in [0.4, 0.5) is 0 Å². The number of aromatic amines is 1. The second-order valence-electron chi connectivity index (χ2n) is 6.06. The molecule has 3 rings (SSSR count). The maximum atomic E-state index is 5.48. The molecule has 2 aromatic rings. The highest BCUT2D eigenvalue weighted by atomic mass is 32.1. The van der Waals surface area contributed by atoms with E-state index in [0.29, 0.717) is 5.92 Å². The molecule has 0 aromatic carbocycles. The van der Waals surface area contributed by atoms with E-state index in [1.165, 1.54) is 25.9 Å². The van der Waals surface area contributed by atoms with E-state index in [1.54, 1.807) is 0 Å².